The van der Waals surface area contributed by atoms with E-state index in [4.69, 9.17) is 22.1 Å². The van der Waals surface area contributed by atoms with Crippen molar-refractivity contribution in [1.82, 2.24) is 5.32 Å². The number of rotatable bonds is 7. The van der Waals surface area contributed by atoms with E-state index in [0.29, 0.717) is 36.0 Å². The maximum Gasteiger partial charge on any atom is 0.252 e. The second-order valence-electron chi connectivity index (χ2n) is 3.68. The van der Waals surface area contributed by atoms with Gasteiger partial charge in [-0.25, -0.2) is 0 Å². The molecule has 0 fully saturated rings. The number of amides is 1. The Balaban J connectivity index is 2.36. The molecule has 1 rings (SSSR count). The molecule has 0 spiro atoms. The molecule has 4 nitrogen and oxygen atoms in total. The number of anilines is 1. The number of carbonyl (C=O) groups is 1. The number of hydrogen-bond donors (Lipinski definition) is 2. The summed E-state index contributed by atoms with van der Waals surface area (Å²) in [4.78, 5) is 11.8. The van der Waals surface area contributed by atoms with Crippen molar-refractivity contribution in [2.45, 2.75) is 6.42 Å². The van der Waals surface area contributed by atoms with Crippen LogP contribution in [-0.2, 0) is 4.74 Å². The number of halogens is 1. The summed E-state index contributed by atoms with van der Waals surface area (Å²) in [5.74, 6) is -0.250. The SMILES string of the molecule is C=CCCOCCNC(=O)c1cc(N)ccc1Cl. The molecule has 1 aromatic carbocycles. The highest BCUT2D eigenvalue weighted by atomic mass is 35.5. The number of benzene rings is 1. The fraction of sp³-hybridized carbons (Fsp3) is 0.308. The van der Waals surface area contributed by atoms with Crippen LogP contribution in [0, 0.1) is 0 Å². The lowest BCUT2D eigenvalue weighted by molar-refractivity contribution is 0.0918. The van der Waals surface area contributed by atoms with Crippen LogP contribution in [0.2, 0.25) is 5.02 Å². The van der Waals surface area contributed by atoms with E-state index in [-0.39, 0.29) is 5.91 Å². The van der Waals surface area contributed by atoms with Gasteiger partial charge >= 0.3 is 0 Å². The Morgan fingerprint density at radius 1 is 1.50 bits per heavy atom. The lowest BCUT2D eigenvalue weighted by atomic mass is 10.2. The van der Waals surface area contributed by atoms with Gasteiger partial charge in [-0.15, -0.1) is 6.58 Å². The average Bonchev–Trinajstić information content (AvgIpc) is 2.36. The third-order valence-corrected chi connectivity index (χ3v) is 2.56. The lowest BCUT2D eigenvalue weighted by Crippen LogP contribution is -2.27. The van der Waals surface area contributed by atoms with Gasteiger partial charge in [-0.3, -0.25) is 4.79 Å². The van der Waals surface area contributed by atoms with Crippen LogP contribution in [0.15, 0.2) is 30.9 Å². The Bertz CT molecular complexity index is 421. The number of nitrogen functional groups attached to an aromatic ring is 1. The van der Waals surface area contributed by atoms with Gasteiger partial charge in [0, 0.05) is 12.2 Å². The van der Waals surface area contributed by atoms with E-state index in [1.807, 2.05) is 0 Å². The van der Waals surface area contributed by atoms with Gasteiger partial charge < -0.3 is 15.8 Å². The van der Waals surface area contributed by atoms with Crippen molar-refractivity contribution in [3.05, 3.63) is 41.4 Å². The standard InChI is InChI=1S/C13H17ClN2O2/c1-2-3-7-18-8-6-16-13(17)11-9-10(15)4-5-12(11)14/h2,4-5,9H,1,3,6-8,15H2,(H,16,17). The molecular weight excluding hydrogens is 252 g/mol. The second-order valence-corrected chi connectivity index (χ2v) is 4.09. The van der Waals surface area contributed by atoms with Crippen molar-refractivity contribution in [3.63, 3.8) is 0 Å². The van der Waals surface area contributed by atoms with Gasteiger partial charge in [-0.05, 0) is 24.6 Å². The molecule has 0 radical (unpaired) electrons. The fourth-order valence-corrected chi connectivity index (χ4v) is 1.52. The molecule has 0 bridgehead atoms. The maximum absolute atomic E-state index is 11.8. The van der Waals surface area contributed by atoms with E-state index in [9.17, 15) is 4.79 Å². The first-order chi connectivity index (χ1) is 8.65. The van der Waals surface area contributed by atoms with Gasteiger partial charge in [0.15, 0.2) is 0 Å². The van der Waals surface area contributed by atoms with Gasteiger partial charge in [-0.2, -0.15) is 0 Å². The molecule has 0 aliphatic carbocycles. The average molecular weight is 269 g/mol. The second kappa shape index (κ2) is 7.74. The van der Waals surface area contributed by atoms with Crippen LogP contribution < -0.4 is 11.1 Å². The third-order valence-electron chi connectivity index (χ3n) is 2.23. The number of nitrogens with two attached hydrogens (primary N) is 1. The first kappa shape index (κ1) is 14.5. The number of ether oxygens (including phenoxy) is 1. The first-order valence-corrected chi connectivity index (χ1v) is 6.05. The summed E-state index contributed by atoms with van der Waals surface area (Å²) in [7, 11) is 0. The van der Waals surface area contributed by atoms with E-state index in [1.54, 1.807) is 24.3 Å². The molecule has 1 aromatic rings. The van der Waals surface area contributed by atoms with Crippen LogP contribution in [0.4, 0.5) is 5.69 Å². The lowest BCUT2D eigenvalue weighted by Gasteiger charge is -2.07. The minimum atomic E-state index is -0.250. The summed E-state index contributed by atoms with van der Waals surface area (Å²) in [5.41, 5.74) is 6.49. The first-order valence-electron chi connectivity index (χ1n) is 5.67. The van der Waals surface area contributed by atoms with Crippen molar-refractivity contribution >= 4 is 23.2 Å². The summed E-state index contributed by atoms with van der Waals surface area (Å²) < 4.78 is 5.27. The van der Waals surface area contributed by atoms with Crippen LogP contribution in [0.25, 0.3) is 0 Å². The van der Waals surface area contributed by atoms with Gasteiger partial charge in [0.05, 0.1) is 23.8 Å². The maximum atomic E-state index is 11.8. The molecule has 0 aliphatic heterocycles. The number of nitrogens with one attached hydrogen (secondary N) is 1. The summed E-state index contributed by atoms with van der Waals surface area (Å²) >= 11 is 5.91. The van der Waals surface area contributed by atoms with E-state index >= 15 is 0 Å². The summed E-state index contributed by atoms with van der Waals surface area (Å²) in [6, 6.07) is 4.81. The van der Waals surface area contributed by atoms with E-state index in [1.165, 1.54) is 0 Å². The predicted molar refractivity (Wildman–Crippen MR) is 73.8 cm³/mol. The predicted octanol–water partition coefficient (Wildman–Crippen LogP) is 2.24. The van der Waals surface area contributed by atoms with E-state index in [2.05, 4.69) is 11.9 Å². The van der Waals surface area contributed by atoms with Crippen molar-refractivity contribution in [3.8, 4) is 0 Å². The summed E-state index contributed by atoms with van der Waals surface area (Å²) in [5, 5.41) is 3.10. The van der Waals surface area contributed by atoms with E-state index in [0.717, 1.165) is 6.42 Å². The van der Waals surface area contributed by atoms with Crippen LogP contribution >= 0.6 is 11.6 Å². The minimum absolute atomic E-state index is 0.250. The number of hydrogen-bond acceptors (Lipinski definition) is 3. The monoisotopic (exact) mass is 268 g/mol. The number of carbonyl (C=O) groups excluding carboxylic acids is 1. The highest BCUT2D eigenvalue weighted by Gasteiger charge is 2.09. The van der Waals surface area contributed by atoms with Crippen molar-refractivity contribution < 1.29 is 9.53 Å². The normalized spacial score (nSPS) is 10.1. The molecule has 0 saturated heterocycles. The molecular formula is C13H17ClN2O2. The molecule has 0 atom stereocenters. The molecule has 5 heteroatoms. The fourth-order valence-electron chi connectivity index (χ4n) is 1.32. The van der Waals surface area contributed by atoms with Gasteiger partial charge in [0.25, 0.3) is 5.91 Å². The quantitative estimate of drug-likeness (QED) is 0.453. The van der Waals surface area contributed by atoms with Crippen molar-refractivity contribution in [2.75, 3.05) is 25.5 Å². The van der Waals surface area contributed by atoms with Gasteiger partial charge in [0.2, 0.25) is 0 Å². The van der Waals surface area contributed by atoms with Crippen LogP contribution in [-0.4, -0.2) is 25.7 Å². The molecule has 98 valence electrons. The summed E-state index contributed by atoms with van der Waals surface area (Å²) in [6.07, 6.45) is 2.58. The molecule has 1 amide bonds. The van der Waals surface area contributed by atoms with Crippen LogP contribution in [0.1, 0.15) is 16.8 Å². The smallest absolute Gasteiger partial charge is 0.252 e. The molecule has 0 saturated carbocycles. The Morgan fingerprint density at radius 2 is 2.28 bits per heavy atom. The zero-order valence-corrected chi connectivity index (χ0v) is 10.9. The molecule has 3 N–H and O–H groups in total. The van der Waals surface area contributed by atoms with Gasteiger partial charge in [-0.1, -0.05) is 17.7 Å². The van der Waals surface area contributed by atoms with Crippen LogP contribution in [0.5, 0.6) is 0 Å². The van der Waals surface area contributed by atoms with Gasteiger partial charge in [0.1, 0.15) is 0 Å². The zero-order chi connectivity index (χ0) is 13.4. The van der Waals surface area contributed by atoms with Crippen LogP contribution in [0.3, 0.4) is 0 Å². The highest BCUT2D eigenvalue weighted by Crippen LogP contribution is 2.18. The Kier molecular flexibility index (Phi) is 6.25. The minimum Gasteiger partial charge on any atom is -0.399 e. The zero-order valence-electron chi connectivity index (χ0n) is 10.1. The third kappa shape index (κ3) is 4.77. The molecule has 0 heterocycles. The Morgan fingerprint density at radius 3 is 3.00 bits per heavy atom. The molecule has 0 aromatic heterocycles. The Labute approximate surface area is 112 Å². The van der Waals surface area contributed by atoms with Crippen molar-refractivity contribution in [2.24, 2.45) is 0 Å². The highest BCUT2D eigenvalue weighted by molar-refractivity contribution is 6.34. The molecule has 18 heavy (non-hydrogen) atoms. The Hall–Kier alpha value is -1.52. The largest absolute Gasteiger partial charge is 0.399 e. The topological polar surface area (TPSA) is 64.3 Å². The molecule has 0 aliphatic rings. The van der Waals surface area contributed by atoms with Crippen molar-refractivity contribution in [1.29, 1.82) is 0 Å². The summed E-state index contributed by atoms with van der Waals surface area (Å²) in [6.45, 7) is 5.09. The molecule has 0 unspecified atom stereocenters. The van der Waals surface area contributed by atoms with E-state index < -0.39 is 0 Å².